The van der Waals surface area contributed by atoms with Crippen LogP contribution in [-0.2, 0) is 14.3 Å². The van der Waals surface area contributed by atoms with Crippen molar-refractivity contribution in [3.63, 3.8) is 0 Å². The fraction of sp³-hybridized carbons (Fsp3) is 0.950. The molecule has 6 heteroatoms. The fourth-order valence-corrected chi connectivity index (χ4v) is 13.0. The van der Waals surface area contributed by atoms with Crippen molar-refractivity contribution in [2.75, 3.05) is 13.2 Å². The molecule has 0 aromatic heterocycles. The van der Waals surface area contributed by atoms with E-state index < -0.39 is 12.1 Å². The standard InChI is InChI=1S/C80H157NO5/c1-3-5-7-9-11-13-15-17-19-20-21-39-42-45-48-52-56-60-64-68-72-78(83)77(76-82)81-79(84)73-69-65-61-57-53-49-46-43-40-37-35-33-31-29-27-25-23-22-24-26-28-30-32-34-36-38-41-44-47-51-55-59-63-67-71-75-86-80(85)74-70-66-62-58-54-50-18-16-14-12-10-8-6-4-2/h16,18,77-78,82-83H,3-15,17,19-76H2,1-2H3,(H,81,84)/b18-16-. The van der Waals surface area contributed by atoms with E-state index in [-0.39, 0.29) is 18.5 Å². The molecule has 0 rings (SSSR count). The van der Waals surface area contributed by atoms with Crippen molar-refractivity contribution in [2.24, 2.45) is 0 Å². The first-order valence-corrected chi connectivity index (χ1v) is 39.9. The Hall–Kier alpha value is -1.40. The lowest BCUT2D eigenvalue weighted by atomic mass is 10.0. The van der Waals surface area contributed by atoms with Crippen LogP contribution in [-0.4, -0.2) is 47.4 Å². The zero-order chi connectivity index (χ0) is 62.0. The number of aliphatic hydroxyl groups is 2. The van der Waals surface area contributed by atoms with E-state index in [0.717, 1.165) is 44.9 Å². The van der Waals surface area contributed by atoms with E-state index in [1.807, 2.05) is 0 Å². The number of hydrogen-bond donors (Lipinski definition) is 3. The summed E-state index contributed by atoms with van der Waals surface area (Å²) in [7, 11) is 0. The third-order valence-electron chi connectivity index (χ3n) is 19.1. The number of amides is 1. The SMILES string of the molecule is CCCCCCC/C=C\CCCCCCCC(=O)OCCCCCCCCCCCCCCCCCCCCCCCCCCCCCCCCCCCCCC(=O)NC(CO)C(O)CCCCCCCCCCCCCCCCCCCCCC. The van der Waals surface area contributed by atoms with Gasteiger partial charge in [0.05, 0.1) is 25.4 Å². The Labute approximate surface area is 539 Å². The van der Waals surface area contributed by atoms with Crippen molar-refractivity contribution in [1.29, 1.82) is 0 Å². The van der Waals surface area contributed by atoms with Crippen LogP contribution in [0, 0.1) is 0 Å². The van der Waals surface area contributed by atoms with E-state index in [1.165, 1.54) is 385 Å². The first-order valence-electron chi connectivity index (χ1n) is 39.9. The highest BCUT2D eigenvalue weighted by atomic mass is 16.5. The Kier molecular flexibility index (Phi) is 74.8. The summed E-state index contributed by atoms with van der Waals surface area (Å²) in [6.45, 7) is 5.00. The number of unbranched alkanes of at least 4 members (excludes halogenated alkanes) is 63. The van der Waals surface area contributed by atoms with Gasteiger partial charge in [-0.05, 0) is 51.4 Å². The molecule has 0 saturated carbocycles. The average molecular weight is 1210 g/mol. The normalized spacial score (nSPS) is 12.5. The van der Waals surface area contributed by atoms with Crippen LogP contribution in [0.15, 0.2) is 12.2 Å². The largest absolute Gasteiger partial charge is 0.466 e. The maximum absolute atomic E-state index is 12.6. The molecule has 0 spiro atoms. The number of allylic oxidation sites excluding steroid dienone is 2. The Morgan fingerprint density at radius 2 is 0.547 bits per heavy atom. The van der Waals surface area contributed by atoms with Gasteiger partial charge in [0, 0.05) is 12.8 Å². The summed E-state index contributed by atoms with van der Waals surface area (Å²) in [5.41, 5.74) is 0. The number of rotatable bonds is 76. The summed E-state index contributed by atoms with van der Waals surface area (Å²) in [6, 6.07) is -0.537. The van der Waals surface area contributed by atoms with E-state index in [1.54, 1.807) is 0 Å². The van der Waals surface area contributed by atoms with Crippen molar-refractivity contribution in [1.82, 2.24) is 5.32 Å². The monoisotopic (exact) mass is 1210 g/mol. The second-order valence-corrected chi connectivity index (χ2v) is 27.8. The van der Waals surface area contributed by atoms with Gasteiger partial charge < -0.3 is 20.3 Å². The van der Waals surface area contributed by atoms with Crippen LogP contribution in [0.4, 0.5) is 0 Å². The lowest BCUT2D eigenvalue weighted by Gasteiger charge is -2.22. The van der Waals surface area contributed by atoms with Crippen molar-refractivity contribution >= 4 is 11.9 Å². The van der Waals surface area contributed by atoms with Gasteiger partial charge in [-0.3, -0.25) is 9.59 Å². The molecule has 2 unspecified atom stereocenters. The van der Waals surface area contributed by atoms with Crippen molar-refractivity contribution < 1.29 is 24.5 Å². The summed E-state index contributed by atoms with van der Waals surface area (Å²) in [5, 5.41) is 23.4. The quantitative estimate of drug-likeness (QED) is 0.0320. The third-order valence-corrected chi connectivity index (χ3v) is 19.1. The summed E-state index contributed by atoms with van der Waals surface area (Å²) >= 11 is 0. The smallest absolute Gasteiger partial charge is 0.305 e. The van der Waals surface area contributed by atoms with E-state index in [0.29, 0.717) is 25.9 Å². The molecule has 0 aliphatic rings. The number of ether oxygens (including phenoxy) is 1. The number of nitrogens with one attached hydrogen (secondary N) is 1. The molecule has 0 heterocycles. The molecule has 0 aromatic carbocycles. The van der Waals surface area contributed by atoms with E-state index in [4.69, 9.17) is 4.74 Å². The van der Waals surface area contributed by atoms with Gasteiger partial charge >= 0.3 is 5.97 Å². The van der Waals surface area contributed by atoms with Crippen molar-refractivity contribution in [3.8, 4) is 0 Å². The average Bonchev–Trinajstić information content (AvgIpc) is 3.54. The highest BCUT2D eigenvalue weighted by molar-refractivity contribution is 5.76. The summed E-state index contributed by atoms with van der Waals surface area (Å²) < 4.78 is 5.49. The lowest BCUT2D eigenvalue weighted by molar-refractivity contribution is -0.143. The van der Waals surface area contributed by atoms with Crippen LogP contribution in [0.5, 0.6) is 0 Å². The van der Waals surface area contributed by atoms with Gasteiger partial charge in [-0.15, -0.1) is 0 Å². The maximum atomic E-state index is 12.6. The molecule has 3 N–H and O–H groups in total. The number of carbonyl (C=O) groups is 2. The van der Waals surface area contributed by atoms with Gasteiger partial charge in [0.2, 0.25) is 5.91 Å². The van der Waals surface area contributed by atoms with E-state index >= 15 is 0 Å². The predicted octanol–water partition coefficient (Wildman–Crippen LogP) is 26.3. The number of hydrogen-bond acceptors (Lipinski definition) is 5. The van der Waals surface area contributed by atoms with Crippen LogP contribution in [0.1, 0.15) is 463 Å². The zero-order valence-electron chi connectivity index (χ0n) is 58.8. The molecule has 0 radical (unpaired) electrons. The van der Waals surface area contributed by atoms with Crippen LogP contribution >= 0.6 is 0 Å². The van der Waals surface area contributed by atoms with Crippen molar-refractivity contribution in [2.45, 2.75) is 475 Å². The van der Waals surface area contributed by atoms with E-state index in [9.17, 15) is 19.8 Å². The Morgan fingerprint density at radius 3 is 0.826 bits per heavy atom. The van der Waals surface area contributed by atoms with Crippen LogP contribution < -0.4 is 5.32 Å². The third kappa shape index (κ3) is 71.7. The van der Waals surface area contributed by atoms with Crippen LogP contribution in [0.2, 0.25) is 0 Å². The molecule has 512 valence electrons. The molecule has 0 aromatic rings. The Morgan fingerprint density at radius 1 is 0.314 bits per heavy atom. The molecule has 0 saturated heterocycles. The molecular weight excluding hydrogens is 1050 g/mol. The van der Waals surface area contributed by atoms with Gasteiger partial charge in [-0.25, -0.2) is 0 Å². The van der Waals surface area contributed by atoms with Crippen LogP contribution in [0.25, 0.3) is 0 Å². The van der Waals surface area contributed by atoms with Gasteiger partial charge in [0.15, 0.2) is 0 Å². The number of aliphatic hydroxyl groups excluding tert-OH is 2. The first kappa shape index (κ1) is 84.6. The van der Waals surface area contributed by atoms with Crippen molar-refractivity contribution in [3.05, 3.63) is 12.2 Å². The van der Waals surface area contributed by atoms with Crippen LogP contribution in [0.3, 0.4) is 0 Å². The van der Waals surface area contributed by atoms with Gasteiger partial charge in [0.1, 0.15) is 0 Å². The fourth-order valence-electron chi connectivity index (χ4n) is 13.0. The summed E-state index contributed by atoms with van der Waals surface area (Å²) in [5.74, 6) is -0.00901. The minimum absolute atomic E-state index is 0.0152. The second kappa shape index (κ2) is 76.1. The molecule has 1 amide bonds. The molecule has 0 fully saturated rings. The van der Waals surface area contributed by atoms with E-state index in [2.05, 4.69) is 31.3 Å². The highest BCUT2D eigenvalue weighted by Gasteiger charge is 2.20. The minimum atomic E-state index is -0.661. The molecule has 6 nitrogen and oxygen atoms in total. The predicted molar refractivity (Wildman–Crippen MR) is 380 cm³/mol. The second-order valence-electron chi connectivity index (χ2n) is 27.8. The molecular formula is C80H157NO5. The van der Waals surface area contributed by atoms with Gasteiger partial charge in [-0.1, -0.05) is 411 Å². The number of esters is 1. The molecule has 0 aliphatic heterocycles. The summed E-state index contributed by atoms with van der Waals surface area (Å²) in [6.07, 6.45) is 96.0. The number of carbonyl (C=O) groups excluding carboxylic acids is 2. The zero-order valence-corrected chi connectivity index (χ0v) is 58.8. The maximum Gasteiger partial charge on any atom is 0.305 e. The molecule has 2 atom stereocenters. The van der Waals surface area contributed by atoms with Gasteiger partial charge in [-0.2, -0.15) is 0 Å². The molecule has 0 bridgehead atoms. The molecule has 0 aliphatic carbocycles. The Balaban J connectivity index is 3.31. The first-order chi connectivity index (χ1) is 42.5. The Bertz CT molecular complexity index is 1300. The topological polar surface area (TPSA) is 95.9 Å². The molecule has 86 heavy (non-hydrogen) atoms. The van der Waals surface area contributed by atoms with Gasteiger partial charge in [0.25, 0.3) is 0 Å². The minimum Gasteiger partial charge on any atom is -0.466 e. The lowest BCUT2D eigenvalue weighted by Crippen LogP contribution is -2.45. The highest BCUT2D eigenvalue weighted by Crippen LogP contribution is 2.20. The summed E-state index contributed by atoms with van der Waals surface area (Å²) in [4.78, 5) is 24.6.